The second-order valence-corrected chi connectivity index (χ2v) is 8.75. The lowest BCUT2D eigenvalue weighted by Gasteiger charge is -2.35. The molecule has 2 aliphatic rings. The van der Waals surface area contributed by atoms with Crippen molar-refractivity contribution in [1.82, 2.24) is 9.97 Å². The molecule has 0 radical (unpaired) electrons. The Bertz CT molecular complexity index is 795. The minimum absolute atomic E-state index is 0.128. The molecule has 1 aromatic heterocycles. The van der Waals surface area contributed by atoms with Crippen molar-refractivity contribution < 1.29 is 9.53 Å². The van der Waals surface area contributed by atoms with Gasteiger partial charge in [-0.1, -0.05) is 15.9 Å². The molecule has 2 fully saturated rings. The number of fused-ring (bicyclic) bond motifs is 3. The number of benzene rings is 1. The van der Waals surface area contributed by atoms with Gasteiger partial charge in [0.15, 0.2) is 0 Å². The Morgan fingerprint density at radius 2 is 2.17 bits per heavy atom. The number of nitrogens with zero attached hydrogens (tertiary/aromatic N) is 2. The molecule has 1 aliphatic carbocycles. The highest BCUT2D eigenvalue weighted by molar-refractivity contribution is 9.10. The summed E-state index contributed by atoms with van der Waals surface area (Å²) >= 11 is 3.49. The molecule has 2 bridgehead atoms. The number of hydrogen-bond acceptors (Lipinski definition) is 4. The van der Waals surface area contributed by atoms with Gasteiger partial charge in [0.2, 0.25) is 5.95 Å². The van der Waals surface area contributed by atoms with Crippen LogP contribution in [0.4, 0.5) is 5.95 Å². The van der Waals surface area contributed by atoms with Gasteiger partial charge in [0.05, 0.1) is 11.0 Å². The second-order valence-electron chi connectivity index (χ2n) is 7.83. The van der Waals surface area contributed by atoms with Crippen LogP contribution in [-0.4, -0.2) is 33.6 Å². The van der Waals surface area contributed by atoms with E-state index in [0.29, 0.717) is 12.0 Å². The molecule has 0 amide bonds. The van der Waals surface area contributed by atoms with Gasteiger partial charge in [0.25, 0.3) is 0 Å². The van der Waals surface area contributed by atoms with E-state index in [2.05, 4.69) is 25.8 Å². The number of piperidine rings is 1. The fraction of sp³-hybridized carbons (Fsp3) is 0.556. The standard InChI is InChI=1S/C18H22BrN3O2/c1-18(2,3)24-16(23)15-10-4-6-12(8-10)22(15)17-20-13-7-5-11(19)9-14(13)21-17/h5,7,9-10,12,15H,4,6,8H2,1-3H3,(H,20,21). The number of nitrogens with one attached hydrogen (secondary N) is 1. The number of ether oxygens (including phenoxy) is 1. The minimum Gasteiger partial charge on any atom is -0.458 e. The van der Waals surface area contributed by atoms with Gasteiger partial charge in [-0.2, -0.15) is 0 Å². The van der Waals surface area contributed by atoms with Crippen molar-refractivity contribution in [2.45, 2.75) is 57.7 Å². The van der Waals surface area contributed by atoms with E-state index in [4.69, 9.17) is 9.72 Å². The number of H-pyrrole nitrogens is 1. The van der Waals surface area contributed by atoms with Crippen molar-refractivity contribution in [3.05, 3.63) is 22.7 Å². The third-order valence-electron chi connectivity index (χ3n) is 4.91. The van der Waals surface area contributed by atoms with Crippen LogP contribution in [0.5, 0.6) is 0 Å². The van der Waals surface area contributed by atoms with Crippen LogP contribution in [0.1, 0.15) is 40.0 Å². The highest BCUT2D eigenvalue weighted by Crippen LogP contribution is 2.45. The maximum absolute atomic E-state index is 12.8. The summed E-state index contributed by atoms with van der Waals surface area (Å²) in [7, 11) is 0. The van der Waals surface area contributed by atoms with Crippen LogP contribution in [0.2, 0.25) is 0 Å². The van der Waals surface area contributed by atoms with Crippen LogP contribution in [-0.2, 0) is 9.53 Å². The summed E-state index contributed by atoms with van der Waals surface area (Å²) in [6, 6.07) is 6.12. The van der Waals surface area contributed by atoms with Crippen LogP contribution in [0.25, 0.3) is 11.0 Å². The summed E-state index contributed by atoms with van der Waals surface area (Å²) in [6.07, 6.45) is 3.26. The van der Waals surface area contributed by atoms with Crippen molar-refractivity contribution in [1.29, 1.82) is 0 Å². The van der Waals surface area contributed by atoms with E-state index < -0.39 is 5.60 Å². The van der Waals surface area contributed by atoms with Crippen LogP contribution in [0.15, 0.2) is 22.7 Å². The lowest BCUT2D eigenvalue weighted by atomic mass is 9.98. The van der Waals surface area contributed by atoms with Crippen molar-refractivity contribution in [3.63, 3.8) is 0 Å². The van der Waals surface area contributed by atoms with Gasteiger partial charge in [-0.15, -0.1) is 0 Å². The molecule has 2 aromatic rings. The van der Waals surface area contributed by atoms with Crippen LogP contribution in [0, 0.1) is 5.92 Å². The van der Waals surface area contributed by atoms with Crippen LogP contribution in [0.3, 0.4) is 0 Å². The molecule has 3 unspecified atom stereocenters. The molecule has 3 atom stereocenters. The first kappa shape index (κ1) is 15.9. The molecule has 1 aliphatic heterocycles. The van der Waals surface area contributed by atoms with Gasteiger partial charge in [0, 0.05) is 10.5 Å². The van der Waals surface area contributed by atoms with Gasteiger partial charge in [-0.25, -0.2) is 9.78 Å². The van der Waals surface area contributed by atoms with E-state index in [9.17, 15) is 4.79 Å². The zero-order valence-electron chi connectivity index (χ0n) is 14.2. The molecular formula is C18H22BrN3O2. The number of esters is 1. The Labute approximate surface area is 149 Å². The van der Waals surface area contributed by atoms with Gasteiger partial charge in [-0.3, -0.25) is 0 Å². The lowest BCUT2D eigenvalue weighted by molar-refractivity contribution is -0.157. The van der Waals surface area contributed by atoms with Crippen LogP contribution < -0.4 is 4.90 Å². The molecule has 1 saturated heterocycles. The summed E-state index contributed by atoms with van der Waals surface area (Å²) in [6.45, 7) is 5.75. The summed E-state index contributed by atoms with van der Waals surface area (Å²) in [5.74, 6) is 1.02. The zero-order chi connectivity index (χ0) is 17.1. The Morgan fingerprint density at radius 1 is 1.38 bits per heavy atom. The predicted octanol–water partition coefficient (Wildman–Crippen LogP) is 4.02. The summed E-state index contributed by atoms with van der Waals surface area (Å²) in [4.78, 5) is 23.1. The van der Waals surface area contributed by atoms with Crippen molar-refractivity contribution in [2.75, 3.05) is 4.90 Å². The van der Waals surface area contributed by atoms with Crippen molar-refractivity contribution in [3.8, 4) is 0 Å². The predicted molar refractivity (Wildman–Crippen MR) is 97.0 cm³/mol. The van der Waals surface area contributed by atoms with E-state index in [1.54, 1.807) is 0 Å². The van der Waals surface area contributed by atoms with Gasteiger partial charge >= 0.3 is 5.97 Å². The minimum atomic E-state index is -0.469. The highest BCUT2D eigenvalue weighted by atomic mass is 79.9. The summed E-state index contributed by atoms with van der Waals surface area (Å²) in [5, 5.41) is 0. The third-order valence-corrected chi connectivity index (χ3v) is 5.40. The SMILES string of the molecule is CC(C)(C)OC(=O)C1C2CCC(C2)N1c1nc2ccc(Br)cc2[nH]1. The average Bonchev–Trinajstić information content (AvgIpc) is 3.17. The third kappa shape index (κ3) is 2.70. The highest BCUT2D eigenvalue weighted by Gasteiger charge is 2.51. The number of hydrogen-bond donors (Lipinski definition) is 1. The molecule has 4 rings (SSSR count). The molecular weight excluding hydrogens is 370 g/mol. The molecule has 128 valence electrons. The second kappa shape index (κ2) is 5.48. The number of imidazole rings is 1. The Kier molecular flexibility index (Phi) is 3.64. The average molecular weight is 392 g/mol. The smallest absolute Gasteiger partial charge is 0.329 e. The van der Waals surface area contributed by atoms with E-state index in [-0.39, 0.29) is 12.0 Å². The molecule has 1 saturated carbocycles. The maximum atomic E-state index is 12.8. The maximum Gasteiger partial charge on any atom is 0.329 e. The number of halogens is 1. The molecule has 2 heterocycles. The molecule has 1 N–H and O–H groups in total. The molecule has 1 aromatic carbocycles. The first-order chi connectivity index (χ1) is 11.3. The molecule has 0 spiro atoms. The summed E-state index contributed by atoms with van der Waals surface area (Å²) < 4.78 is 6.70. The number of carbonyl (C=O) groups is 1. The summed E-state index contributed by atoms with van der Waals surface area (Å²) in [5.41, 5.74) is 1.42. The van der Waals surface area contributed by atoms with E-state index >= 15 is 0 Å². The first-order valence-corrected chi connectivity index (χ1v) is 9.27. The molecule has 5 nitrogen and oxygen atoms in total. The number of rotatable bonds is 2. The Balaban J connectivity index is 1.69. The fourth-order valence-corrected chi connectivity index (χ4v) is 4.41. The topological polar surface area (TPSA) is 58.2 Å². The Hall–Kier alpha value is -1.56. The van der Waals surface area contributed by atoms with Crippen LogP contribution >= 0.6 is 15.9 Å². The lowest BCUT2D eigenvalue weighted by Crippen LogP contribution is -2.48. The number of anilines is 1. The van der Waals surface area contributed by atoms with E-state index in [0.717, 1.165) is 40.7 Å². The zero-order valence-corrected chi connectivity index (χ0v) is 15.8. The number of carbonyl (C=O) groups excluding carboxylic acids is 1. The van der Waals surface area contributed by atoms with Gasteiger partial charge in [0.1, 0.15) is 11.6 Å². The largest absolute Gasteiger partial charge is 0.458 e. The van der Waals surface area contributed by atoms with Gasteiger partial charge < -0.3 is 14.6 Å². The number of aromatic nitrogens is 2. The van der Waals surface area contributed by atoms with E-state index in [1.807, 2.05) is 39.0 Å². The number of aromatic amines is 1. The van der Waals surface area contributed by atoms with E-state index in [1.165, 1.54) is 0 Å². The molecule has 6 heteroatoms. The first-order valence-electron chi connectivity index (χ1n) is 8.48. The van der Waals surface area contributed by atoms with Gasteiger partial charge in [-0.05, 0) is 64.2 Å². The van der Waals surface area contributed by atoms with Crippen molar-refractivity contribution in [2.24, 2.45) is 5.92 Å². The Morgan fingerprint density at radius 3 is 2.92 bits per heavy atom. The fourth-order valence-electron chi connectivity index (χ4n) is 4.05. The monoisotopic (exact) mass is 391 g/mol. The molecule has 24 heavy (non-hydrogen) atoms. The normalized spacial score (nSPS) is 26.3. The van der Waals surface area contributed by atoms with Crippen molar-refractivity contribution >= 4 is 38.9 Å². The quantitative estimate of drug-likeness (QED) is 0.785.